The Labute approximate surface area is 161 Å². The summed E-state index contributed by atoms with van der Waals surface area (Å²) in [5.74, 6) is 0.908. The SMILES string of the molecule is CC.CCC.COCCNCc1cccc(C(=O)N2CCC(C)CC2)c1. The van der Waals surface area contributed by atoms with E-state index in [0.29, 0.717) is 6.61 Å². The van der Waals surface area contributed by atoms with Gasteiger partial charge in [0.05, 0.1) is 6.61 Å². The summed E-state index contributed by atoms with van der Waals surface area (Å²) in [5.41, 5.74) is 1.94. The summed E-state index contributed by atoms with van der Waals surface area (Å²) in [4.78, 5) is 14.5. The van der Waals surface area contributed by atoms with Crippen LogP contribution in [0, 0.1) is 5.92 Å². The molecular weight excluding hydrogens is 324 g/mol. The first-order valence-corrected chi connectivity index (χ1v) is 10.2. The van der Waals surface area contributed by atoms with E-state index in [0.717, 1.165) is 56.1 Å². The van der Waals surface area contributed by atoms with E-state index in [4.69, 9.17) is 4.74 Å². The molecule has 1 N–H and O–H groups in total. The van der Waals surface area contributed by atoms with E-state index in [-0.39, 0.29) is 5.91 Å². The molecule has 1 heterocycles. The Morgan fingerprint density at radius 3 is 2.42 bits per heavy atom. The van der Waals surface area contributed by atoms with Crippen LogP contribution in [0.3, 0.4) is 0 Å². The number of benzene rings is 1. The van der Waals surface area contributed by atoms with Gasteiger partial charge in [0.25, 0.3) is 5.91 Å². The fourth-order valence-electron chi connectivity index (χ4n) is 2.62. The van der Waals surface area contributed by atoms with Gasteiger partial charge in [-0.3, -0.25) is 4.79 Å². The summed E-state index contributed by atoms with van der Waals surface area (Å²) < 4.78 is 5.01. The minimum atomic E-state index is 0.167. The van der Waals surface area contributed by atoms with Crippen LogP contribution >= 0.6 is 0 Å². The van der Waals surface area contributed by atoms with Crippen LogP contribution in [0.5, 0.6) is 0 Å². The number of ether oxygens (including phenoxy) is 1. The maximum Gasteiger partial charge on any atom is 0.253 e. The Morgan fingerprint density at radius 1 is 1.23 bits per heavy atom. The number of hydrogen-bond acceptors (Lipinski definition) is 3. The van der Waals surface area contributed by atoms with Crippen LogP contribution in [0.15, 0.2) is 24.3 Å². The second-order valence-corrected chi connectivity index (χ2v) is 6.55. The van der Waals surface area contributed by atoms with E-state index < -0.39 is 0 Å². The van der Waals surface area contributed by atoms with E-state index in [9.17, 15) is 4.79 Å². The maximum atomic E-state index is 12.5. The van der Waals surface area contributed by atoms with E-state index in [2.05, 4.69) is 32.2 Å². The first kappa shape index (κ1) is 24.6. The molecule has 1 amide bonds. The highest BCUT2D eigenvalue weighted by atomic mass is 16.5. The maximum absolute atomic E-state index is 12.5. The molecule has 0 saturated carbocycles. The third-order valence-electron chi connectivity index (χ3n) is 4.06. The lowest BCUT2D eigenvalue weighted by Crippen LogP contribution is -2.37. The molecular formula is C22H40N2O2. The van der Waals surface area contributed by atoms with Crippen molar-refractivity contribution < 1.29 is 9.53 Å². The lowest BCUT2D eigenvalue weighted by molar-refractivity contribution is 0.0697. The van der Waals surface area contributed by atoms with Gasteiger partial charge in [-0.15, -0.1) is 0 Å². The molecule has 0 unspecified atom stereocenters. The summed E-state index contributed by atoms with van der Waals surface area (Å²) in [7, 11) is 1.69. The minimum Gasteiger partial charge on any atom is -0.383 e. The molecule has 0 spiro atoms. The number of hydrogen-bond donors (Lipinski definition) is 1. The fraction of sp³-hybridized carbons (Fsp3) is 0.682. The summed E-state index contributed by atoms with van der Waals surface area (Å²) in [6.07, 6.45) is 3.48. The van der Waals surface area contributed by atoms with E-state index >= 15 is 0 Å². The van der Waals surface area contributed by atoms with Gasteiger partial charge in [-0.1, -0.05) is 53.2 Å². The largest absolute Gasteiger partial charge is 0.383 e. The van der Waals surface area contributed by atoms with Gasteiger partial charge < -0.3 is 15.0 Å². The predicted octanol–water partition coefficient (Wildman–Crippen LogP) is 4.74. The average molecular weight is 365 g/mol. The summed E-state index contributed by atoms with van der Waals surface area (Å²) in [5, 5.41) is 3.30. The van der Waals surface area contributed by atoms with Crippen molar-refractivity contribution >= 4 is 5.91 Å². The summed E-state index contributed by atoms with van der Waals surface area (Å²) >= 11 is 0. The highest BCUT2D eigenvalue weighted by Crippen LogP contribution is 2.18. The molecule has 1 saturated heterocycles. The van der Waals surface area contributed by atoms with Crippen molar-refractivity contribution in [2.24, 2.45) is 5.92 Å². The van der Waals surface area contributed by atoms with Gasteiger partial charge in [0.15, 0.2) is 0 Å². The average Bonchev–Trinajstić information content (AvgIpc) is 2.68. The van der Waals surface area contributed by atoms with Crippen LogP contribution < -0.4 is 5.32 Å². The van der Waals surface area contributed by atoms with Crippen molar-refractivity contribution in [2.75, 3.05) is 33.4 Å². The molecule has 26 heavy (non-hydrogen) atoms. The number of amides is 1. The number of piperidine rings is 1. The minimum absolute atomic E-state index is 0.167. The number of nitrogens with one attached hydrogen (secondary N) is 1. The molecule has 0 aliphatic carbocycles. The van der Waals surface area contributed by atoms with Gasteiger partial charge in [-0.05, 0) is 36.5 Å². The summed E-state index contributed by atoms with van der Waals surface area (Å²) in [6.45, 7) is 14.6. The molecule has 2 rings (SSSR count). The quantitative estimate of drug-likeness (QED) is 0.742. The Morgan fingerprint density at radius 2 is 1.85 bits per heavy atom. The molecule has 0 aromatic heterocycles. The molecule has 1 aliphatic rings. The van der Waals surface area contributed by atoms with Gasteiger partial charge in [0.1, 0.15) is 0 Å². The van der Waals surface area contributed by atoms with Crippen molar-refractivity contribution in [3.8, 4) is 0 Å². The van der Waals surface area contributed by atoms with Crippen molar-refractivity contribution in [3.63, 3.8) is 0 Å². The Balaban J connectivity index is 0.00000113. The molecule has 0 bridgehead atoms. The normalized spacial score (nSPS) is 14.0. The lowest BCUT2D eigenvalue weighted by Gasteiger charge is -2.30. The number of carbonyl (C=O) groups is 1. The van der Waals surface area contributed by atoms with Crippen molar-refractivity contribution in [1.29, 1.82) is 0 Å². The molecule has 4 heteroatoms. The second kappa shape index (κ2) is 15.8. The number of rotatable bonds is 6. The highest BCUT2D eigenvalue weighted by Gasteiger charge is 2.21. The van der Waals surface area contributed by atoms with Crippen LogP contribution in [0.4, 0.5) is 0 Å². The van der Waals surface area contributed by atoms with Gasteiger partial charge in [-0.25, -0.2) is 0 Å². The molecule has 1 fully saturated rings. The molecule has 1 aromatic rings. The zero-order chi connectivity index (χ0) is 19.8. The second-order valence-electron chi connectivity index (χ2n) is 6.55. The number of nitrogens with zero attached hydrogens (tertiary/aromatic N) is 1. The van der Waals surface area contributed by atoms with Crippen LogP contribution in [0.2, 0.25) is 0 Å². The molecule has 1 aromatic carbocycles. The topological polar surface area (TPSA) is 41.6 Å². The van der Waals surface area contributed by atoms with Crippen molar-refractivity contribution in [2.45, 2.75) is 60.4 Å². The molecule has 4 nitrogen and oxygen atoms in total. The van der Waals surface area contributed by atoms with Crippen molar-refractivity contribution in [3.05, 3.63) is 35.4 Å². The molecule has 150 valence electrons. The van der Waals surface area contributed by atoms with Gasteiger partial charge in [-0.2, -0.15) is 0 Å². The molecule has 0 radical (unpaired) electrons. The van der Waals surface area contributed by atoms with Gasteiger partial charge in [0.2, 0.25) is 0 Å². The van der Waals surface area contributed by atoms with Crippen LogP contribution in [0.25, 0.3) is 0 Å². The first-order chi connectivity index (χ1) is 12.6. The van der Waals surface area contributed by atoms with Crippen LogP contribution in [0.1, 0.15) is 69.8 Å². The third-order valence-corrected chi connectivity index (χ3v) is 4.06. The Hall–Kier alpha value is -1.39. The fourth-order valence-corrected chi connectivity index (χ4v) is 2.62. The monoisotopic (exact) mass is 364 g/mol. The van der Waals surface area contributed by atoms with Gasteiger partial charge in [0, 0.05) is 38.9 Å². The molecule has 1 aliphatic heterocycles. The van der Waals surface area contributed by atoms with E-state index in [1.165, 1.54) is 6.42 Å². The number of carbonyl (C=O) groups excluding carboxylic acids is 1. The highest BCUT2D eigenvalue weighted by molar-refractivity contribution is 5.94. The zero-order valence-electron chi connectivity index (χ0n) is 17.8. The lowest BCUT2D eigenvalue weighted by atomic mass is 9.98. The Bertz CT molecular complexity index is 469. The predicted molar refractivity (Wildman–Crippen MR) is 112 cm³/mol. The van der Waals surface area contributed by atoms with Crippen LogP contribution in [-0.4, -0.2) is 44.2 Å². The van der Waals surface area contributed by atoms with E-state index in [1.807, 2.05) is 36.9 Å². The van der Waals surface area contributed by atoms with Gasteiger partial charge >= 0.3 is 0 Å². The van der Waals surface area contributed by atoms with Crippen molar-refractivity contribution in [1.82, 2.24) is 10.2 Å². The first-order valence-electron chi connectivity index (χ1n) is 10.2. The number of likely N-dealkylation sites (tertiary alicyclic amines) is 1. The third kappa shape index (κ3) is 9.93. The smallest absolute Gasteiger partial charge is 0.253 e. The molecule has 0 atom stereocenters. The van der Waals surface area contributed by atoms with Crippen LogP contribution in [-0.2, 0) is 11.3 Å². The summed E-state index contributed by atoms with van der Waals surface area (Å²) in [6, 6.07) is 7.93. The Kier molecular flexibility index (Phi) is 15.0. The standard InChI is InChI=1S/C17H26N2O2.C3H8.C2H6/c1-14-6-9-19(10-7-14)17(20)16-5-3-4-15(12-16)13-18-8-11-21-2;1-3-2;1-2/h3-5,12,14,18H,6-11,13H2,1-2H3;3H2,1-2H3;1-2H3. The van der Waals surface area contributed by atoms with E-state index in [1.54, 1.807) is 7.11 Å². The number of methoxy groups -OCH3 is 1. The zero-order valence-corrected chi connectivity index (χ0v) is 17.8.